The maximum atomic E-state index is 6.29. The molecule has 6 nitrogen and oxygen atoms in total. The predicted molar refractivity (Wildman–Crippen MR) is 126 cm³/mol. The Morgan fingerprint density at radius 1 is 1.03 bits per heavy atom. The SMILES string of the molecule is Cc1cccc(Cl)c1CNc1cnc(Nc2cccc(OCCN3CCCC3)c2)nc1. The molecule has 1 aliphatic rings. The van der Waals surface area contributed by atoms with Crippen molar-refractivity contribution < 1.29 is 4.74 Å². The number of nitrogens with one attached hydrogen (secondary N) is 2. The lowest BCUT2D eigenvalue weighted by Gasteiger charge is -2.15. The zero-order valence-corrected chi connectivity index (χ0v) is 18.5. The number of aromatic nitrogens is 2. The summed E-state index contributed by atoms with van der Waals surface area (Å²) in [5, 5.41) is 7.32. The van der Waals surface area contributed by atoms with Crippen LogP contribution in [0.25, 0.3) is 0 Å². The molecule has 0 radical (unpaired) electrons. The second kappa shape index (κ2) is 10.5. The van der Waals surface area contributed by atoms with Crippen LogP contribution in [0.4, 0.5) is 17.3 Å². The van der Waals surface area contributed by atoms with Gasteiger partial charge in [-0.15, -0.1) is 0 Å². The second-order valence-electron chi connectivity index (χ2n) is 7.73. The number of halogens is 1. The van der Waals surface area contributed by atoms with Gasteiger partial charge in [0.1, 0.15) is 12.4 Å². The summed E-state index contributed by atoms with van der Waals surface area (Å²) in [6.45, 7) is 6.72. The van der Waals surface area contributed by atoms with Crippen LogP contribution in [0.3, 0.4) is 0 Å². The number of anilines is 3. The van der Waals surface area contributed by atoms with Gasteiger partial charge < -0.3 is 15.4 Å². The number of aryl methyl sites for hydroxylation is 1. The smallest absolute Gasteiger partial charge is 0.227 e. The summed E-state index contributed by atoms with van der Waals surface area (Å²) in [5.41, 5.74) is 3.96. The molecule has 2 heterocycles. The zero-order valence-electron chi connectivity index (χ0n) is 17.8. The van der Waals surface area contributed by atoms with E-state index >= 15 is 0 Å². The standard InChI is InChI=1S/C24H28ClN5O/c1-18-6-4-9-23(25)22(18)17-26-20-15-27-24(28-16-20)29-19-7-5-8-21(14-19)31-13-12-30-10-2-3-11-30/h4-9,14-16,26H,2-3,10-13,17H2,1H3,(H,27,28,29). The van der Waals surface area contributed by atoms with E-state index in [0.717, 1.165) is 39.8 Å². The summed E-state index contributed by atoms with van der Waals surface area (Å²) >= 11 is 6.29. The van der Waals surface area contributed by atoms with Gasteiger partial charge in [0.15, 0.2) is 0 Å². The van der Waals surface area contributed by atoms with Crippen molar-refractivity contribution in [3.8, 4) is 5.75 Å². The lowest BCUT2D eigenvalue weighted by atomic mass is 10.1. The number of rotatable bonds is 9. The first-order valence-electron chi connectivity index (χ1n) is 10.7. The maximum absolute atomic E-state index is 6.29. The van der Waals surface area contributed by atoms with Gasteiger partial charge in [0.05, 0.1) is 18.1 Å². The molecule has 4 rings (SSSR count). The van der Waals surface area contributed by atoms with E-state index < -0.39 is 0 Å². The Labute approximate surface area is 188 Å². The van der Waals surface area contributed by atoms with E-state index in [1.54, 1.807) is 12.4 Å². The van der Waals surface area contributed by atoms with Crippen LogP contribution in [0.15, 0.2) is 54.9 Å². The molecule has 3 aromatic rings. The minimum atomic E-state index is 0.536. The van der Waals surface area contributed by atoms with E-state index in [4.69, 9.17) is 16.3 Å². The molecule has 0 amide bonds. The molecular formula is C24H28ClN5O. The number of hydrogen-bond acceptors (Lipinski definition) is 6. The van der Waals surface area contributed by atoms with Gasteiger partial charge in [0, 0.05) is 29.9 Å². The molecule has 0 unspecified atom stereocenters. The van der Waals surface area contributed by atoms with Gasteiger partial charge in [0.25, 0.3) is 0 Å². The third kappa shape index (κ3) is 6.09. The highest BCUT2D eigenvalue weighted by atomic mass is 35.5. The highest BCUT2D eigenvalue weighted by Crippen LogP contribution is 2.22. The van der Waals surface area contributed by atoms with Crippen molar-refractivity contribution in [2.75, 3.05) is 36.9 Å². The maximum Gasteiger partial charge on any atom is 0.227 e. The van der Waals surface area contributed by atoms with Crippen LogP contribution in [-0.2, 0) is 6.54 Å². The highest BCUT2D eigenvalue weighted by Gasteiger charge is 2.11. The van der Waals surface area contributed by atoms with Gasteiger partial charge >= 0.3 is 0 Å². The molecule has 0 saturated carbocycles. The molecular weight excluding hydrogens is 410 g/mol. The highest BCUT2D eigenvalue weighted by molar-refractivity contribution is 6.31. The molecule has 7 heteroatoms. The fourth-order valence-electron chi connectivity index (χ4n) is 3.66. The molecule has 162 valence electrons. The average molecular weight is 438 g/mol. The molecule has 1 aromatic heterocycles. The van der Waals surface area contributed by atoms with Crippen LogP contribution in [0.5, 0.6) is 5.75 Å². The van der Waals surface area contributed by atoms with E-state index in [0.29, 0.717) is 19.1 Å². The van der Waals surface area contributed by atoms with Gasteiger partial charge in [-0.05, 0) is 62.2 Å². The van der Waals surface area contributed by atoms with Gasteiger partial charge in [-0.3, -0.25) is 4.90 Å². The molecule has 0 spiro atoms. The summed E-state index contributed by atoms with van der Waals surface area (Å²) in [7, 11) is 0. The van der Waals surface area contributed by atoms with E-state index in [1.807, 2.05) is 36.4 Å². The molecule has 1 fully saturated rings. The second-order valence-corrected chi connectivity index (χ2v) is 8.14. The van der Waals surface area contributed by atoms with Crippen molar-refractivity contribution in [3.63, 3.8) is 0 Å². The Hall–Kier alpha value is -2.83. The minimum absolute atomic E-state index is 0.536. The fraction of sp³-hybridized carbons (Fsp3) is 0.333. The van der Waals surface area contributed by atoms with Gasteiger partial charge in [-0.1, -0.05) is 29.8 Å². The lowest BCUT2D eigenvalue weighted by Crippen LogP contribution is -2.25. The molecule has 0 atom stereocenters. The number of hydrogen-bond donors (Lipinski definition) is 2. The first kappa shape index (κ1) is 21.4. The summed E-state index contributed by atoms with van der Waals surface area (Å²) < 4.78 is 5.92. The van der Waals surface area contributed by atoms with Crippen LogP contribution >= 0.6 is 11.6 Å². The Bertz CT molecular complexity index is 969. The summed E-state index contributed by atoms with van der Waals surface area (Å²) in [5.74, 6) is 1.38. The monoisotopic (exact) mass is 437 g/mol. The molecule has 2 aromatic carbocycles. The topological polar surface area (TPSA) is 62.3 Å². The number of likely N-dealkylation sites (tertiary alicyclic amines) is 1. The van der Waals surface area contributed by atoms with Crippen molar-refractivity contribution in [2.24, 2.45) is 0 Å². The third-order valence-corrected chi connectivity index (χ3v) is 5.79. The van der Waals surface area contributed by atoms with E-state index in [9.17, 15) is 0 Å². The quantitative estimate of drug-likeness (QED) is 0.475. The van der Waals surface area contributed by atoms with Gasteiger partial charge in [-0.25, -0.2) is 9.97 Å². The number of benzene rings is 2. The van der Waals surface area contributed by atoms with Crippen LogP contribution in [0, 0.1) is 6.92 Å². The number of ether oxygens (including phenoxy) is 1. The third-order valence-electron chi connectivity index (χ3n) is 5.44. The Balaban J connectivity index is 1.29. The van der Waals surface area contributed by atoms with Crippen molar-refractivity contribution in [1.82, 2.24) is 14.9 Å². The molecule has 1 aliphatic heterocycles. The van der Waals surface area contributed by atoms with Crippen LogP contribution < -0.4 is 15.4 Å². The van der Waals surface area contributed by atoms with Crippen LogP contribution in [-0.4, -0.2) is 41.1 Å². The van der Waals surface area contributed by atoms with Gasteiger partial charge in [0.2, 0.25) is 5.95 Å². The molecule has 1 saturated heterocycles. The molecule has 0 aliphatic carbocycles. The van der Waals surface area contributed by atoms with Crippen LogP contribution in [0.2, 0.25) is 5.02 Å². The van der Waals surface area contributed by atoms with Crippen molar-refractivity contribution in [3.05, 3.63) is 71.0 Å². The van der Waals surface area contributed by atoms with Gasteiger partial charge in [-0.2, -0.15) is 0 Å². The van der Waals surface area contributed by atoms with Crippen molar-refractivity contribution >= 4 is 28.9 Å². The molecule has 31 heavy (non-hydrogen) atoms. The Morgan fingerprint density at radius 2 is 1.81 bits per heavy atom. The predicted octanol–water partition coefficient (Wildman–Crippen LogP) is 5.27. The Kier molecular flexibility index (Phi) is 7.22. The van der Waals surface area contributed by atoms with E-state index in [-0.39, 0.29) is 0 Å². The van der Waals surface area contributed by atoms with E-state index in [2.05, 4.69) is 38.5 Å². The van der Waals surface area contributed by atoms with E-state index in [1.165, 1.54) is 25.9 Å². The van der Waals surface area contributed by atoms with Crippen molar-refractivity contribution in [1.29, 1.82) is 0 Å². The average Bonchev–Trinajstić information content (AvgIpc) is 3.28. The molecule has 0 bridgehead atoms. The summed E-state index contributed by atoms with van der Waals surface area (Å²) in [6.07, 6.45) is 6.12. The normalized spacial score (nSPS) is 13.9. The largest absolute Gasteiger partial charge is 0.492 e. The molecule has 2 N–H and O–H groups in total. The van der Waals surface area contributed by atoms with Crippen LogP contribution in [0.1, 0.15) is 24.0 Å². The zero-order chi connectivity index (χ0) is 21.5. The fourth-order valence-corrected chi connectivity index (χ4v) is 3.94. The first-order valence-corrected chi connectivity index (χ1v) is 11.1. The first-order chi connectivity index (χ1) is 15.2. The van der Waals surface area contributed by atoms with Crippen molar-refractivity contribution in [2.45, 2.75) is 26.3 Å². The Morgan fingerprint density at radius 3 is 2.58 bits per heavy atom. The number of nitrogens with zero attached hydrogens (tertiary/aromatic N) is 3. The summed E-state index contributed by atoms with van der Waals surface area (Å²) in [6, 6.07) is 13.8. The summed E-state index contributed by atoms with van der Waals surface area (Å²) in [4.78, 5) is 11.3. The minimum Gasteiger partial charge on any atom is -0.492 e. The lowest BCUT2D eigenvalue weighted by molar-refractivity contribution is 0.238.